The summed E-state index contributed by atoms with van der Waals surface area (Å²) < 4.78 is 11.4. The van der Waals surface area contributed by atoms with E-state index in [4.69, 9.17) is 9.47 Å². The van der Waals surface area contributed by atoms with Gasteiger partial charge in [0.25, 0.3) is 0 Å². The van der Waals surface area contributed by atoms with Gasteiger partial charge in [-0.15, -0.1) is 24.0 Å². The summed E-state index contributed by atoms with van der Waals surface area (Å²) in [6.45, 7) is 7.53. The molecule has 0 spiro atoms. The van der Waals surface area contributed by atoms with Crippen LogP contribution in [0.15, 0.2) is 53.5 Å². The zero-order chi connectivity index (χ0) is 19.3. The van der Waals surface area contributed by atoms with Gasteiger partial charge in [-0.1, -0.05) is 49.4 Å². The van der Waals surface area contributed by atoms with Crippen molar-refractivity contribution in [2.45, 2.75) is 40.0 Å². The van der Waals surface area contributed by atoms with Crippen LogP contribution < -0.4 is 15.4 Å². The predicted molar refractivity (Wildman–Crippen MR) is 126 cm³/mol. The van der Waals surface area contributed by atoms with E-state index in [2.05, 4.69) is 46.8 Å². The van der Waals surface area contributed by atoms with Crippen molar-refractivity contribution in [3.8, 4) is 5.75 Å². The van der Waals surface area contributed by atoms with Gasteiger partial charge in [0.1, 0.15) is 5.75 Å². The van der Waals surface area contributed by atoms with Crippen LogP contribution in [0, 0.1) is 0 Å². The van der Waals surface area contributed by atoms with Crippen molar-refractivity contribution in [2.24, 2.45) is 4.99 Å². The topological polar surface area (TPSA) is 54.9 Å². The molecule has 0 amide bonds. The van der Waals surface area contributed by atoms with E-state index in [-0.39, 0.29) is 24.0 Å². The first-order chi connectivity index (χ1) is 13.3. The number of rotatable bonds is 10. The molecule has 2 N–H and O–H groups in total. The average Bonchev–Trinajstić information content (AvgIpc) is 2.70. The molecule has 2 rings (SSSR count). The summed E-state index contributed by atoms with van der Waals surface area (Å²) in [7, 11) is 1.78. The van der Waals surface area contributed by atoms with E-state index in [1.165, 1.54) is 11.1 Å². The summed E-state index contributed by atoms with van der Waals surface area (Å²) in [4.78, 5) is 4.32. The lowest BCUT2D eigenvalue weighted by Crippen LogP contribution is -2.36. The molecule has 0 radical (unpaired) electrons. The number of nitrogens with one attached hydrogen (secondary N) is 2. The standard InChI is InChI=1S/C22H31N3O2.HI/c1-4-14-26-17-20-12-7-6-10-18(20)15-24-22(23-3)25-16-19-11-8-9-13-21(19)27-5-2;/h6-13H,4-5,14-17H2,1-3H3,(H2,23,24,25);1H. The molecule has 0 heterocycles. The Bertz CT molecular complexity index is 722. The molecule has 0 unspecified atom stereocenters. The van der Waals surface area contributed by atoms with Crippen molar-refractivity contribution < 1.29 is 9.47 Å². The second-order valence-electron chi connectivity index (χ2n) is 6.14. The molecule has 0 saturated carbocycles. The number of benzene rings is 2. The van der Waals surface area contributed by atoms with Gasteiger partial charge in [0.2, 0.25) is 0 Å². The Kier molecular flexibility index (Phi) is 12.3. The molecule has 2 aromatic carbocycles. The molecule has 0 saturated heterocycles. The van der Waals surface area contributed by atoms with Crippen LogP contribution in [0.2, 0.25) is 0 Å². The van der Waals surface area contributed by atoms with Gasteiger partial charge >= 0.3 is 0 Å². The SMILES string of the molecule is CCCOCc1ccccc1CNC(=NC)NCc1ccccc1OCC.I. The van der Waals surface area contributed by atoms with E-state index in [9.17, 15) is 0 Å². The molecular formula is C22H32IN3O2. The Morgan fingerprint density at radius 3 is 2.14 bits per heavy atom. The number of hydrogen-bond donors (Lipinski definition) is 2. The normalized spacial score (nSPS) is 10.9. The predicted octanol–water partition coefficient (Wildman–Crippen LogP) is 4.50. The zero-order valence-corrected chi connectivity index (χ0v) is 19.4. The molecule has 6 heteroatoms. The Balaban J connectivity index is 0.00000392. The monoisotopic (exact) mass is 497 g/mol. The van der Waals surface area contributed by atoms with Crippen molar-refractivity contribution in [2.75, 3.05) is 20.3 Å². The lowest BCUT2D eigenvalue weighted by atomic mass is 10.1. The van der Waals surface area contributed by atoms with Crippen LogP contribution in [-0.2, 0) is 24.4 Å². The molecule has 0 aliphatic rings. The van der Waals surface area contributed by atoms with Crippen LogP contribution >= 0.6 is 24.0 Å². The Hall–Kier alpha value is -1.80. The number of guanidine groups is 1. The second kappa shape index (κ2) is 14.2. The fourth-order valence-electron chi connectivity index (χ4n) is 2.72. The van der Waals surface area contributed by atoms with E-state index < -0.39 is 0 Å². The largest absolute Gasteiger partial charge is 0.494 e. The molecule has 0 fully saturated rings. The van der Waals surface area contributed by atoms with E-state index >= 15 is 0 Å². The van der Waals surface area contributed by atoms with Crippen LogP contribution in [0.4, 0.5) is 0 Å². The quantitative estimate of drug-likeness (QED) is 0.220. The fraction of sp³-hybridized carbons (Fsp3) is 0.409. The summed E-state index contributed by atoms with van der Waals surface area (Å²) in [5.74, 6) is 1.66. The average molecular weight is 497 g/mol. The van der Waals surface area contributed by atoms with E-state index in [0.29, 0.717) is 26.3 Å². The maximum absolute atomic E-state index is 5.70. The van der Waals surface area contributed by atoms with E-state index in [0.717, 1.165) is 30.3 Å². The number of para-hydroxylation sites is 1. The van der Waals surface area contributed by atoms with Gasteiger partial charge in [-0.25, -0.2) is 0 Å². The van der Waals surface area contributed by atoms with Crippen molar-refractivity contribution in [1.82, 2.24) is 10.6 Å². The Morgan fingerprint density at radius 2 is 1.50 bits per heavy atom. The highest BCUT2D eigenvalue weighted by Crippen LogP contribution is 2.17. The zero-order valence-electron chi connectivity index (χ0n) is 17.0. The molecule has 0 atom stereocenters. The van der Waals surface area contributed by atoms with Gasteiger partial charge in [-0.05, 0) is 30.5 Å². The van der Waals surface area contributed by atoms with Gasteiger partial charge in [-0.2, -0.15) is 0 Å². The Morgan fingerprint density at radius 1 is 0.893 bits per heavy atom. The molecule has 0 aliphatic heterocycles. The molecule has 154 valence electrons. The third-order valence-corrected chi connectivity index (χ3v) is 4.11. The number of nitrogens with zero attached hydrogens (tertiary/aromatic N) is 1. The minimum atomic E-state index is 0. The lowest BCUT2D eigenvalue weighted by molar-refractivity contribution is 0.121. The summed E-state index contributed by atoms with van der Waals surface area (Å²) in [5, 5.41) is 6.73. The second-order valence-corrected chi connectivity index (χ2v) is 6.14. The van der Waals surface area contributed by atoms with Gasteiger partial charge < -0.3 is 20.1 Å². The summed E-state index contributed by atoms with van der Waals surface area (Å²) in [6.07, 6.45) is 1.03. The van der Waals surface area contributed by atoms with Crippen molar-refractivity contribution in [3.05, 3.63) is 65.2 Å². The number of ether oxygens (including phenoxy) is 2. The van der Waals surface area contributed by atoms with Gasteiger partial charge in [0.05, 0.1) is 13.2 Å². The highest BCUT2D eigenvalue weighted by atomic mass is 127. The third-order valence-electron chi connectivity index (χ3n) is 4.11. The first kappa shape index (κ1) is 24.2. The first-order valence-corrected chi connectivity index (χ1v) is 9.58. The van der Waals surface area contributed by atoms with Crippen LogP contribution in [0.1, 0.15) is 37.0 Å². The lowest BCUT2D eigenvalue weighted by Gasteiger charge is -2.16. The van der Waals surface area contributed by atoms with Crippen LogP contribution in [-0.4, -0.2) is 26.2 Å². The number of halogens is 1. The minimum Gasteiger partial charge on any atom is -0.494 e. The van der Waals surface area contributed by atoms with Crippen LogP contribution in [0.25, 0.3) is 0 Å². The maximum atomic E-state index is 5.70. The van der Waals surface area contributed by atoms with Crippen molar-refractivity contribution >= 4 is 29.9 Å². The van der Waals surface area contributed by atoms with Crippen LogP contribution in [0.3, 0.4) is 0 Å². The molecule has 5 nitrogen and oxygen atoms in total. The van der Waals surface area contributed by atoms with Crippen molar-refractivity contribution in [3.63, 3.8) is 0 Å². The summed E-state index contributed by atoms with van der Waals surface area (Å²) >= 11 is 0. The Labute approximate surface area is 186 Å². The minimum absolute atomic E-state index is 0. The molecule has 0 bridgehead atoms. The van der Waals surface area contributed by atoms with E-state index in [1.807, 2.05) is 31.2 Å². The van der Waals surface area contributed by atoms with Gasteiger partial charge in [-0.3, -0.25) is 4.99 Å². The highest BCUT2D eigenvalue weighted by molar-refractivity contribution is 14.0. The maximum Gasteiger partial charge on any atom is 0.191 e. The fourth-order valence-corrected chi connectivity index (χ4v) is 2.72. The molecular weight excluding hydrogens is 465 g/mol. The smallest absolute Gasteiger partial charge is 0.191 e. The number of hydrogen-bond acceptors (Lipinski definition) is 3. The molecule has 2 aromatic rings. The first-order valence-electron chi connectivity index (χ1n) is 9.58. The summed E-state index contributed by atoms with van der Waals surface area (Å²) in [5.41, 5.74) is 3.53. The van der Waals surface area contributed by atoms with E-state index in [1.54, 1.807) is 7.05 Å². The highest BCUT2D eigenvalue weighted by Gasteiger charge is 2.06. The molecule has 0 aromatic heterocycles. The number of aliphatic imine (C=N–C) groups is 1. The van der Waals surface area contributed by atoms with Crippen LogP contribution in [0.5, 0.6) is 5.75 Å². The molecule has 28 heavy (non-hydrogen) atoms. The van der Waals surface area contributed by atoms with Gasteiger partial charge in [0, 0.05) is 32.3 Å². The summed E-state index contributed by atoms with van der Waals surface area (Å²) in [6, 6.07) is 16.4. The van der Waals surface area contributed by atoms with Gasteiger partial charge in [0.15, 0.2) is 5.96 Å². The molecule has 0 aliphatic carbocycles. The van der Waals surface area contributed by atoms with Crippen molar-refractivity contribution in [1.29, 1.82) is 0 Å². The third kappa shape index (κ3) is 8.06.